The van der Waals surface area contributed by atoms with Crippen LogP contribution in [0.5, 0.6) is 5.75 Å². The molecule has 2 aromatic heterocycles. The van der Waals surface area contributed by atoms with Crippen LogP contribution in [0, 0.1) is 6.92 Å². The molecule has 1 amide bonds. The number of carbonyl (C=O) groups is 1. The second-order valence-electron chi connectivity index (χ2n) is 6.69. The highest BCUT2D eigenvalue weighted by molar-refractivity contribution is 7.10. The first-order valence-electron chi connectivity index (χ1n) is 8.94. The lowest BCUT2D eigenvalue weighted by molar-refractivity contribution is -0.117. The Kier molecular flexibility index (Phi) is 5.29. The van der Waals surface area contributed by atoms with Crippen molar-refractivity contribution >= 4 is 34.3 Å². The Hall–Kier alpha value is -2.15. The van der Waals surface area contributed by atoms with Gasteiger partial charge < -0.3 is 10.1 Å². The zero-order chi connectivity index (χ0) is 18.8. The smallest absolute Gasteiger partial charge is 0.238 e. The first kappa shape index (κ1) is 18.2. The molecule has 0 unspecified atom stereocenters. The Morgan fingerprint density at radius 3 is 2.93 bits per heavy atom. The van der Waals surface area contributed by atoms with Gasteiger partial charge in [0, 0.05) is 16.3 Å². The summed E-state index contributed by atoms with van der Waals surface area (Å²) >= 11 is 3.57. The van der Waals surface area contributed by atoms with E-state index in [1.165, 1.54) is 15.3 Å². The summed E-state index contributed by atoms with van der Waals surface area (Å²) in [6.07, 6.45) is 0.996. The average molecular weight is 399 g/mol. The zero-order valence-electron chi connectivity index (χ0n) is 15.4. The molecule has 27 heavy (non-hydrogen) atoms. The molecule has 4 rings (SSSR count). The molecule has 3 heterocycles. The maximum Gasteiger partial charge on any atom is 0.238 e. The number of benzene rings is 1. The Morgan fingerprint density at radius 1 is 1.26 bits per heavy atom. The minimum atomic E-state index is -0.0147. The molecule has 0 spiro atoms. The van der Waals surface area contributed by atoms with E-state index in [0.717, 1.165) is 24.2 Å². The third-order valence-corrected chi connectivity index (χ3v) is 6.78. The fraction of sp³-hybridized carbons (Fsp3) is 0.286. The van der Waals surface area contributed by atoms with Crippen LogP contribution >= 0.6 is 22.7 Å². The highest BCUT2D eigenvalue weighted by Gasteiger charge is 2.31. The second-order valence-corrected chi connectivity index (χ2v) is 8.67. The van der Waals surface area contributed by atoms with E-state index < -0.39 is 0 Å². The molecule has 140 valence electrons. The summed E-state index contributed by atoms with van der Waals surface area (Å²) in [4.78, 5) is 17.8. The highest BCUT2D eigenvalue weighted by atomic mass is 32.1. The average Bonchev–Trinajstić information content (AvgIpc) is 3.33. The standard InChI is InChI=1S/C21H22N2O2S2/c1-14-5-6-17(25-2)16(12-14)22-20(24)13-23-9-7-18-15(8-11-27-18)21(23)19-4-3-10-26-19/h3-6,8,10-12,21H,7,9,13H2,1-2H3,(H,22,24)/t21-/m0/s1. The molecule has 1 aromatic carbocycles. The van der Waals surface area contributed by atoms with Crippen molar-refractivity contribution in [3.8, 4) is 5.75 Å². The number of hydrogen-bond acceptors (Lipinski definition) is 5. The van der Waals surface area contributed by atoms with Gasteiger partial charge in [0.05, 0.1) is 25.4 Å². The lowest BCUT2D eigenvalue weighted by Gasteiger charge is -2.34. The molecule has 0 bridgehead atoms. The Balaban J connectivity index is 1.55. The van der Waals surface area contributed by atoms with Crippen molar-refractivity contribution in [1.29, 1.82) is 0 Å². The number of amides is 1. The molecule has 0 saturated heterocycles. The molecule has 0 saturated carbocycles. The Bertz CT molecular complexity index is 934. The predicted molar refractivity (Wildman–Crippen MR) is 112 cm³/mol. The van der Waals surface area contributed by atoms with Crippen LogP contribution < -0.4 is 10.1 Å². The van der Waals surface area contributed by atoms with Crippen LogP contribution in [0.2, 0.25) is 0 Å². The van der Waals surface area contributed by atoms with Gasteiger partial charge in [-0.05, 0) is 59.5 Å². The van der Waals surface area contributed by atoms with Gasteiger partial charge in [0.15, 0.2) is 0 Å². The highest BCUT2D eigenvalue weighted by Crippen LogP contribution is 2.39. The fourth-order valence-corrected chi connectivity index (χ4v) is 5.39. The van der Waals surface area contributed by atoms with Crippen LogP contribution in [-0.2, 0) is 11.2 Å². The number of nitrogens with zero attached hydrogens (tertiary/aromatic N) is 1. The van der Waals surface area contributed by atoms with E-state index >= 15 is 0 Å². The minimum Gasteiger partial charge on any atom is -0.495 e. The third-order valence-electron chi connectivity index (χ3n) is 4.85. The topological polar surface area (TPSA) is 41.6 Å². The number of ether oxygens (including phenoxy) is 1. The van der Waals surface area contributed by atoms with E-state index in [2.05, 4.69) is 39.2 Å². The van der Waals surface area contributed by atoms with Crippen molar-refractivity contribution in [3.05, 3.63) is 68.0 Å². The molecule has 1 atom stereocenters. The molecule has 1 aliphatic rings. The van der Waals surface area contributed by atoms with Crippen molar-refractivity contribution in [2.45, 2.75) is 19.4 Å². The number of carbonyl (C=O) groups excluding carboxylic acids is 1. The van der Waals surface area contributed by atoms with Crippen molar-refractivity contribution in [1.82, 2.24) is 4.90 Å². The maximum absolute atomic E-state index is 12.8. The first-order chi connectivity index (χ1) is 13.2. The van der Waals surface area contributed by atoms with Crippen LogP contribution in [0.3, 0.4) is 0 Å². The Morgan fingerprint density at radius 2 is 2.15 bits per heavy atom. The van der Waals surface area contributed by atoms with Gasteiger partial charge in [-0.1, -0.05) is 12.1 Å². The van der Waals surface area contributed by atoms with Crippen molar-refractivity contribution in [2.24, 2.45) is 0 Å². The molecular weight excluding hydrogens is 376 g/mol. The second kappa shape index (κ2) is 7.84. The predicted octanol–water partition coefficient (Wildman–Crippen LogP) is 4.71. The quantitative estimate of drug-likeness (QED) is 0.677. The monoisotopic (exact) mass is 398 g/mol. The molecule has 1 N–H and O–H groups in total. The molecule has 0 aliphatic carbocycles. The number of rotatable bonds is 5. The molecule has 1 aliphatic heterocycles. The van der Waals surface area contributed by atoms with E-state index in [0.29, 0.717) is 12.3 Å². The summed E-state index contributed by atoms with van der Waals surface area (Å²) < 4.78 is 5.38. The van der Waals surface area contributed by atoms with Gasteiger partial charge in [0.2, 0.25) is 5.91 Å². The van der Waals surface area contributed by atoms with Gasteiger partial charge in [-0.2, -0.15) is 0 Å². The first-order valence-corrected chi connectivity index (χ1v) is 10.7. The van der Waals surface area contributed by atoms with Crippen LogP contribution in [0.15, 0.2) is 47.2 Å². The normalized spacial score (nSPS) is 16.7. The van der Waals surface area contributed by atoms with Crippen LogP contribution in [0.4, 0.5) is 5.69 Å². The lowest BCUT2D eigenvalue weighted by Crippen LogP contribution is -2.40. The summed E-state index contributed by atoms with van der Waals surface area (Å²) in [5.74, 6) is 0.668. The van der Waals surface area contributed by atoms with Crippen molar-refractivity contribution < 1.29 is 9.53 Å². The van der Waals surface area contributed by atoms with E-state index in [4.69, 9.17) is 4.74 Å². The molecule has 4 nitrogen and oxygen atoms in total. The number of methoxy groups -OCH3 is 1. The van der Waals surface area contributed by atoms with E-state index in [-0.39, 0.29) is 11.9 Å². The van der Waals surface area contributed by atoms with Gasteiger partial charge in [0.25, 0.3) is 0 Å². The van der Waals surface area contributed by atoms with Crippen LogP contribution in [0.1, 0.15) is 26.9 Å². The molecule has 3 aromatic rings. The molecule has 0 fully saturated rings. The number of aryl methyl sites for hydroxylation is 1. The number of fused-ring (bicyclic) bond motifs is 1. The van der Waals surface area contributed by atoms with Crippen molar-refractivity contribution in [3.63, 3.8) is 0 Å². The number of nitrogens with one attached hydrogen (secondary N) is 1. The number of hydrogen-bond donors (Lipinski definition) is 1. The summed E-state index contributed by atoms with van der Waals surface area (Å²) in [6, 6.07) is 12.4. The van der Waals surface area contributed by atoms with Crippen LogP contribution in [0.25, 0.3) is 0 Å². The minimum absolute atomic E-state index is 0.0147. The van der Waals surface area contributed by atoms with Crippen LogP contribution in [-0.4, -0.2) is 31.0 Å². The molecule has 6 heteroatoms. The molecule has 0 radical (unpaired) electrons. The van der Waals surface area contributed by atoms with Gasteiger partial charge in [-0.25, -0.2) is 0 Å². The van der Waals surface area contributed by atoms with E-state index in [1.807, 2.05) is 36.5 Å². The largest absolute Gasteiger partial charge is 0.495 e. The SMILES string of the molecule is COc1ccc(C)cc1NC(=O)CN1CCc2sccc2[C@H]1c1cccs1. The van der Waals surface area contributed by atoms with Crippen molar-refractivity contribution in [2.75, 3.05) is 25.5 Å². The van der Waals surface area contributed by atoms with Gasteiger partial charge in [-0.15, -0.1) is 22.7 Å². The maximum atomic E-state index is 12.8. The van der Waals surface area contributed by atoms with Gasteiger partial charge in [-0.3, -0.25) is 9.69 Å². The summed E-state index contributed by atoms with van der Waals surface area (Å²) in [6.45, 7) is 3.24. The summed E-state index contributed by atoms with van der Waals surface area (Å²) in [5.41, 5.74) is 3.15. The van der Waals surface area contributed by atoms with Gasteiger partial charge >= 0.3 is 0 Å². The fourth-order valence-electron chi connectivity index (χ4n) is 3.61. The lowest BCUT2D eigenvalue weighted by atomic mass is 9.98. The van der Waals surface area contributed by atoms with Gasteiger partial charge in [0.1, 0.15) is 5.75 Å². The zero-order valence-corrected chi connectivity index (χ0v) is 17.0. The summed E-state index contributed by atoms with van der Waals surface area (Å²) in [5, 5.41) is 7.30. The number of thiophene rings is 2. The third kappa shape index (κ3) is 3.78. The Labute approximate surface area is 167 Å². The van der Waals surface area contributed by atoms with E-state index in [1.54, 1.807) is 18.4 Å². The number of anilines is 1. The van der Waals surface area contributed by atoms with E-state index in [9.17, 15) is 4.79 Å². The molecular formula is C21H22N2O2S2. The summed E-state index contributed by atoms with van der Waals surface area (Å²) in [7, 11) is 1.62.